The minimum atomic E-state index is -0.0484. The standard InChI is InChI=1S/C18H22N2O/c1-11(2)16-8-12(3)9-17(18(16)20-14(5)21)15-6-7-19-13(4)10-15/h6-11H,1-5H3,(H,20,21). The zero-order valence-electron chi connectivity index (χ0n) is 13.3. The Morgan fingerprint density at radius 2 is 1.90 bits per heavy atom. The molecule has 21 heavy (non-hydrogen) atoms. The molecule has 3 nitrogen and oxygen atoms in total. The summed E-state index contributed by atoms with van der Waals surface area (Å²) < 4.78 is 0. The Bertz CT molecular complexity index is 675. The molecule has 0 fully saturated rings. The van der Waals surface area contributed by atoms with Crippen LogP contribution in [0.1, 0.15) is 43.5 Å². The van der Waals surface area contributed by atoms with Crippen LogP contribution in [0.3, 0.4) is 0 Å². The van der Waals surface area contributed by atoms with Crippen LogP contribution in [0, 0.1) is 13.8 Å². The molecule has 0 saturated heterocycles. The number of aryl methyl sites for hydroxylation is 2. The van der Waals surface area contributed by atoms with Crippen molar-refractivity contribution in [1.82, 2.24) is 4.98 Å². The Hall–Kier alpha value is -2.16. The van der Waals surface area contributed by atoms with Crippen LogP contribution in [0.4, 0.5) is 5.69 Å². The molecule has 3 heteroatoms. The molecule has 1 amide bonds. The highest BCUT2D eigenvalue weighted by Crippen LogP contribution is 2.36. The molecule has 0 spiro atoms. The second-order valence-corrected chi connectivity index (χ2v) is 5.80. The number of aromatic nitrogens is 1. The van der Waals surface area contributed by atoms with Gasteiger partial charge in [0.15, 0.2) is 0 Å². The van der Waals surface area contributed by atoms with Gasteiger partial charge < -0.3 is 5.32 Å². The molecule has 2 rings (SSSR count). The van der Waals surface area contributed by atoms with Gasteiger partial charge in [-0.1, -0.05) is 25.5 Å². The Morgan fingerprint density at radius 1 is 1.19 bits per heavy atom. The van der Waals surface area contributed by atoms with Crippen LogP contribution in [0.15, 0.2) is 30.5 Å². The molecule has 1 aromatic carbocycles. The predicted octanol–water partition coefficient (Wildman–Crippen LogP) is 4.45. The SMILES string of the molecule is CC(=O)Nc1c(-c2ccnc(C)c2)cc(C)cc1C(C)C. The lowest BCUT2D eigenvalue weighted by Crippen LogP contribution is -2.10. The fourth-order valence-electron chi connectivity index (χ4n) is 2.53. The predicted molar refractivity (Wildman–Crippen MR) is 87.5 cm³/mol. The summed E-state index contributed by atoms with van der Waals surface area (Å²) in [7, 11) is 0. The molecule has 2 aromatic rings. The maximum absolute atomic E-state index is 11.6. The first-order valence-electron chi connectivity index (χ1n) is 7.23. The number of anilines is 1. The van der Waals surface area contributed by atoms with Gasteiger partial charge in [-0.05, 0) is 49.1 Å². The van der Waals surface area contributed by atoms with Gasteiger partial charge in [-0.2, -0.15) is 0 Å². The van der Waals surface area contributed by atoms with Crippen LogP contribution in [-0.4, -0.2) is 10.9 Å². The lowest BCUT2D eigenvalue weighted by Gasteiger charge is -2.19. The number of carbonyl (C=O) groups excluding carboxylic acids is 1. The average molecular weight is 282 g/mol. The van der Waals surface area contributed by atoms with Crippen molar-refractivity contribution in [3.05, 3.63) is 47.3 Å². The number of hydrogen-bond acceptors (Lipinski definition) is 2. The number of carbonyl (C=O) groups is 1. The Kier molecular flexibility index (Phi) is 4.41. The van der Waals surface area contributed by atoms with Crippen LogP contribution in [0.2, 0.25) is 0 Å². The molecular formula is C18H22N2O. The van der Waals surface area contributed by atoms with Crippen molar-refractivity contribution in [1.29, 1.82) is 0 Å². The van der Waals surface area contributed by atoms with E-state index in [2.05, 4.69) is 43.2 Å². The molecule has 0 radical (unpaired) electrons. The smallest absolute Gasteiger partial charge is 0.221 e. The van der Waals surface area contributed by atoms with E-state index in [1.807, 2.05) is 19.1 Å². The highest BCUT2D eigenvalue weighted by molar-refractivity contribution is 5.95. The fourth-order valence-corrected chi connectivity index (χ4v) is 2.53. The van der Waals surface area contributed by atoms with Gasteiger partial charge in [-0.3, -0.25) is 9.78 Å². The summed E-state index contributed by atoms with van der Waals surface area (Å²) in [5, 5.41) is 3.01. The Labute approximate surface area is 126 Å². The van der Waals surface area contributed by atoms with Gasteiger partial charge in [0, 0.05) is 24.4 Å². The molecule has 0 bridgehead atoms. The number of amides is 1. The first kappa shape index (κ1) is 15.2. The van der Waals surface area contributed by atoms with Gasteiger partial charge in [0.05, 0.1) is 5.69 Å². The molecule has 1 heterocycles. The molecule has 1 N–H and O–H groups in total. The van der Waals surface area contributed by atoms with E-state index in [9.17, 15) is 4.79 Å². The largest absolute Gasteiger partial charge is 0.326 e. The molecule has 0 atom stereocenters. The highest BCUT2D eigenvalue weighted by Gasteiger charge is 2.15. The molecule has 0 aliphatic heterocycles. The van der Waals surface area contributed by atoms with Crippen LogP contribution >= 0.6 is 0 Å². The van der Waals surface area contributed by atoms with E-state index in [-0.39, 0.29) is 5.91 Å². The van der Waals surface area contributed by atoms with E-state index in [4.69, 9.17) is 0 Å². The van der Waals surface area contributed by atoms with Crippen molar-refractivity contribution in [2.45, 2.75) is 40.5 Å². The Balaban J connectivity index is 2.70. The van der Waals surface area contributed by atoms with Gasteiger partial charge in [0.1, 0.15) is 0 Å². The molecule has 0 aliphatic rings. The van der Waals surface area contributed by atoms with E-state index in [1.165, 1.54) is 5.56 Å². The van der Waals surface area contributed by atoms with Crippen molar-refractivity contribution >= 4 is 11.6 Å². The van der Waals surface area contributed by atoms with Crippen molar-refractivity contribution in [3.8, 4) is 11.1 Å². The molecule has 0 saturated carbocycles. The van der Waals surface area contributed by atoms with Gasteiger partial charge >= 0.3 is 0 Å². The molecule has 1 aromatic heterocycles. The van der Waals surface area contributed by atoms with E-state index >= 15 is 0 Å². The molecular weight excluding hydrogens is 260 g/mol. The minimum Gasteiger partial charge on any atom is -0.326 e. The first-order valence-corrected chi connectivity index (χ1v) is 7.23. The fraction of sp³-hybridized carbons (Fsp3) is 0.333. The van der Waals surface area contributed by atoms with Gasteiger partial charge in [-0.15, -0.1) is 0 Å². The van der Waals surface area contributed by atoms with Gasteiger partial charge in [0.25, 0.3) is 0 Å². The topological polar surface area (TPSA) is 42.0 Å². The summed E-state index contributed by atoms with van der Waals surface area (Å²) in [6.07, 6.45) is 1.81. The number of hydrogen-bond donors (Lipinski definition) is 1. The summed E-state index contributed by atoms with van der Waals surface area (Å²) >= 11 is 0. The third-order valence-electron chi connectivity index (χ3n) is 3.44. The lowest BCUT2D eigenvalue weighted by atomic mass is 9.92. The van der Waals surface area contributed by atoms with E-state index in [1.54, 1.807) is 13.1 Å². The molecule has 110 valence electrons. The van der Waals surface area contributed by atoms with Gasteiger partial charge in [0.2, 0.25) is 5.91 Å². The summed E-state index contributed by atoms with van der Waals surface area (Å²) in [6.45, 7) is 9.89. The third-order valence-corrected chi connectivity index (χ3v) is 3.44. The van der Waals surface area contributed by atoms with Crippen molar-refractivity contribution < 1.29 is 4.79 Å². The highest BCUT2D eigenvalue weighted by atomic mass is 16.1. The first-order chi connectivity index (χ1) is 9.88. The number of pyridine rings is 1. The monoisotopic (exact) mass is 282 g/mol. The number of nitrogens with one attached hydrogen (secondary N) is 1. The number of rotatable bonds is 3. The van der Waals surface area contributed by atoms with Crippen LogP contribution < -0.4 is 5.32 Å². The van der Waals surface area contributed by atoms with E-state index in [0.29, 0.717) is 5.92 Å². The van der Waals surface area contributed by atoms with Crippen LogP contribution in [-0.2, 0) is 4.79 Å². The van der Waals surface area contributed by atoms with Gasteiger partial charge in [-0.25, -0.2) is 0 Å². The quantitative estimate of drug-likeness (QED) is 0.903. The summed E-state index contributed by atoms with van der Waals surface area (Å²) in [5.41, 5.74) is 6.37. The lowest BCUT2D eigenvalue weighted by molar-refractivity contribution is -0.114. The minimum absolute atomic E-state index is 0.0484. The normalized spacial score (nSPS) is 10.8. The zero-order chi connectivity index (χ0) is 15.6. The maximum atomic E-state index is 11.6. The summed E-state index contributed by atoms with van der Waals surface area (Å²) in [6, 6.07) is 8.29. The van der Waals surface area contributed by atoms with E-state index in [0.717, 1.165) is 28.1 Å². The average Bonchev–Trinajstić information content (AvgIpc) is 2.39. The summed E-state index contributed by atoms with van der Waals surface area (Å²) in [4.78, 5) is 15.8. The molecule has 0 unspecified atom stereocenters. The molecule has 0 aliphatic carbocycles. The van der Waals surface area contributed by atoms with E-state index < -0.39 is 0 Å². The zero-order valence-corrected chi connectivity index (χ0v) is 13.3. The second-order valence-electron chi connectivity index (χ2n) is 5.80. The van der Waals surface area contributed by atoms with Crippen LogP contribution in [0.5, 0.6) is 0 Å². The second kappa shape index (κ2) is 6.08. The van der Waals surface area contributed by atoms with Crippen molar-refractivity contribution in [3.63, 3.8) is 0 Å². The Morgan fingerprint density at radius 3 is 2.48 bits per heavy atom. The third kappa shape index (κ3) is 3.48. The summed E-state index contributed by atoms with van der Waals surface area (Å²) in [5.74, 6) is 0.293. The number of nitrogens with zero attached hydrogens (tertiary/aromatic N) is 1. The van der Waals surface area contributed by atoms with Crippen molar-refractivity contribution in [2.75, 3.05) is 5.32 Å². The maximum Gasteiger partial charge on any atom is 0.221 e. The van der Waals surface area contributed by atoms with Crippen molar-refractivity contribution in [2.24, 2.45) is 0 Å². The van der Waals surface area contributed by atoms with Crippen LogP contribution in [0.25, 0.3) is 11.1 Å². The number of benzene rings is 1.